The molecule has 0 atom stereocenters. The van der Waals surface area contributed by atoms with Gasteiger partial charge < -0.3 is 5.11 Å². The molecule has 0 spiro atoms. The van der Waals surface area contributed by atoms with E-state index in [1.807, 2.05) is 17.5 Å². The van der Waals surface area contributed by atoms with E-state index in [1.165, 1.54) is 11.3 Å². The third-order valence-electron chi connectivity index (χ3n) is 2.95. The normalized spacial score (nSPS) is 11.7. The molecule has 0 bridgehead atoms. The molecule has 1 N–H and O–H groups in total. The van der Waals surface area contributed by atoms with Crippen LogP contribution in [0.25, 0.3) is 0 Å². The van der Waals surface area contributed by atoms with E-state index in [-0.39, 0.29) is 11.4 Å². The monoisotopic (exact) mass is 343 g/mol. The van der Waals surface area contributed by atoms with Crippen molar-refractivity contribution in [3.63, 3.8) is 0 Å². The number of aliphatic carboxylic acids is 1. The van der Waals surface area contributed by atoms with Gasteiger partial charge >= 0.3 is 5.97 Å². The second kappa shape index (κ2) is 6.99. The van der Waals surface area contributed by atoms with Gasteiger partial charge in [-0.1, -0.05) is 6.07 Å². The molecular formula is C14H14FNO4S2. The number of nitrogens with zero attached hydrogens (tertiary/aromatic N) is 1. The molecule has 1 heterocycles. The van der Waals surface area contributed by atoms with Crippen molar-refractivity contribution in [2.45, 2.75) is 11.3 Å². The van der Waals surface area contributed by atoms with Gasteiger partial charge in [-0.15, -0.1) is 11.3 Å². The zero-order chi connectivity index (χ0) is 16.2. The number of benzene rings is 1. The van der Waals surface area contributed by atoms with Crippen LogP contribution in [0.3, 0.4) is 0 Å². The van der Waals surface area contributed by atoms with E-state index in [0.29, 0.717) is 6.42 Å². The van der Waals surface area contributed by atoms with Crippen molar-refractivity contribution in [3.8, 4) is 0 Å². The van der Waals surface area contributed by atoms with Crippen molar-refractivity contribution >= 4 is 27.3 Å². The first-order valence-electron chi connectivity index (χ1n) is 6.39. The Morgan fingerprint density at radius 3 is 2.45 bits per heavy atom. The Morgan fingerprint density at radius 2 is 1.91 bits per heavy atom. The summed E-state index contributed by atoms with van der Waals surface area (Å²) in [6.45, 7) is -0.586. The fraction of sp³-hybridized carbons (Fsp3) is 0.214. The molecule has 5 nitrogen and oxygen atoms in total. The minimum Gasteiger partial charge on any atom is -0.480 e. The minimum atomic E-state index is -3.98. The van der Waals surface area contributed by atoms with Crippen molar-refractivity contribution in [3.05, 3.63) is 52.5 Å². The van der Waals surface area contributed by atoms with Crippen LogP contribution in [0.15, 0.2) is 46.7 Å². The number of rotatable bonds is 7. The number of carboxylic acid groups (broad SMARTS) is 1. The number of hydrogen-bond donors (Lipinski definition) is 1. The highest BCUT2D eigenvalue weighted by Crippen LogP contribution is 2.18. The minimum absolute atomic E-state index is 0.0481. The molecule has 1 aromatic carbocycles. The number of carboxylic acids is 1. The molecule has 22 heavy (non-hydrogen) atoms. The molecule has 1 aromatic heterocycles. The van der Waals surface area contributed by atoms with E-state index in [2.05, 4.69) is 0 Å². The topological polar surface area (TPSA) is 74.7 Å². The molecular weight excluding hydrogens is 329 g/mol. The number of carbonyl (C=O) groups is 1. The lowest BCUT2D eigenvalue weighted by Crippen LogP contribution is -2.37. The van der Waals surface area contributed by atoms with Gasteiger partial charge in [-0.3, -0.25) is 4.79 Å². The highest BCUT2D eigenvalue weighted by molar-refractivity contribution is 7.89. The predicted molar refractivity (Wildman–Crippen MR) is 80.8 cm³/mol. The van der Waals surface area contributed by atoms with Crippen molar-refractivity contribution in [2.24, 2.45) is 0 Å². The average molecular weight is 343 g/mol. The Balaban J connectivity index is 2.22. The molecule has 0 aliphatic rings. The molecule has 0 unspecified atom stereocenters. The van der Waals surface area contributed by atoms with Crippen LogP contribution in [0.2, 0.25) is 0 Å². The maximum Gasteiger partial charge on any atom is 0.318 e. The summed E-state index contributed by atoms with van der Waals surface area (Å²) in [6, 6.07) is 8.02. The summed E-state index contributed by atoms with van der Waals surface area (Å²) < 4.78 is 38.8. The average Bonchev–Trinajstić information content (AvgIpc) is 2.96. The van der Waals surface area contributed by atoms with Crippen LogP contribution < -0.4 is 0 Å². The van der Waals surface area contributed by atoms with Crippen LogP contribution in [-0.2, 0) is 21.2 Å². The number of halogens is 1. The van der Waals surface area contributed by atoms with Crippen molar-refractivity contribution < 1.29 is 22.7 Å². The van der Waals surface area contributed by atoms with Crippen LogP contribution in [0, 0.1) is 5.82 Å². The maximum atomic E-state index is 12.9. The molecule has 0 saturated carbocycles. The second-order valence-electron chi connectivity index (χ2n) is 4.52. The summed E-state index contributed by atoms with van der Waals surface area (Å²) in [6.07, 6.45) is 0.422. The standard InChI is InChI=1S/C14H14FNO4S2/c15-11-3-5-13(6-4-11)22(19,20)16(10-14(17)18)8-7-12-2-1-9-21-12/h1-6,9H,7-8,10H2,(H,17,18). The van der Waals surface area contributed by atoms with Crippen LogP contribution in [0.5, 0.6) is 0 Å². The highest BCUT2D eigenvalue weighted by atomic mass is 32.2. The van der Waals surface area contributed by atoms with Gasteiger partial charge in [-0.2, -0.15) is 4.31 Å². The van der Waals surface area contributed by atoms with Crippen LogP contribution >= 0.6 is 11.3 Å². The largest absolute Gasteiger partial charge is 0.480 e. The summed E-state index contributed by atoms with van der Waals surface area (Å²) in [4.78, 5) is 11.8. The summed E-state index contributed by atoms with van der Waals surface area (Å²) in [5, 5.41) is 10.8. The first-order valence-corrected chi connectivity index (χ1v) is 8.71. The zero-order valence-corrected chi connectivity index (χ0v) is 13.1. The smallest absolute Gasteiger partial charge is 0.318 e. The number of hydrogen-bond acceptors (Lipinski definition) is 4. The summed E-state index contributed by atoms with van der Waals surface area (Å²) >= 11 is 1.47. The van der Waals surface area contributed by atoms with Crippen molar-refractivity contribution in [1.82, 2.24) is 4.31 Å². The third-order valence-corrected chi connectivity index (χ3v) is 5.75. The molecule has 2 rings (SSSR count). The van der Waals surface area contributed by atoms with Crippen molar-refractivity contribution in [1.29, 1.82) is 0 Å². The summed E-state index contributed by atoms with van der Waals surface area (Å²) in [5.74, 6) is -1.79. The lowest BCUT2D eigenvalue weighted by molar-refractivity contribution is -0.137. The number of thiophene rings is 1. The quantitative estimate of drug-likeness (QED) is 0.836. The Morgan fingerprint density at radius 1 is 1.23 bits per heavy atom. The van der Waals surface area contributed by atoms with E-state index >= 15 is 0 Å². The van der Waals surface area contributed by atoms with Gasteiger partial charge in [0.15, 0.2) is 0 Å². The van der Waals surface area contributed by atoms with Crippen molar-refractivity contribution in [2.75, 3.05) is 13.1 Å². The highest BCUT2D eigenvalue weighted by Gasteiger charge is 2.26. The Hall–Kier alpha value is -1.77. The van der Waals surface area contributed by atoms with E-state index in [9.17, 15) is 17.6 Å². The zero-order valence-electron chi connectivity index (χ0n) is 11.5. The molecule has 0 amide bonds. The van der Waals surface area contributed by atoms with Crippen LogP contribution in [0.1, 0.15) is 4.88 Å². The number of sulfonamides is 1. The molecule has 0 saturated heterocycles. The first-order chi connectivity index (χ1) is 10.4. The Labute approximate surface area is 131 Å². The van der Waals surface area contributed by atoms with Gasteiger partial charge in [-0.05, 0) is 42.1 Å². The third kappa shape index (κ3) is 4.12. The van der Waals surface area contributed by atoms with E-state index in [1.54, 1.807) is 0 Å². The molecule has 0 fully saturated rings. The molecule has 0 aliphatic carbocycles. The summed E-state index contributed by atoms with van der Waals surface area (Å²) in [7, 11) is -3.98. The first kappa shape index (κ1) is 16.6. The molecule has 8 heteroatoms. The van der Waals surface area contributed by atoms with Crippen LogP contribution in [-0.4, -0.2) is 36.9 Å². The molecule has 118 valence electrons. The molecule has 2 aromatic rings. The van der Waals surface area contributed by atoms with E-state index in [4.69, 9.17) is 5.11 Å². The fourth-order valence-electron chi connectivity index (χ4n) is 1.88. The fourth-order valence-corrected chi connectivity index (χ4v) is 3.97. The second-order valence-corrected chi connectivity index (χ2v) is 7.49. The lowest BCUT2D eigenvalue weighted by atomic mass is 10.3. The van der Waals surface area contributed by atoms with Crippen LogP contribution in [0.4, 0.5) is 4.39 Å². The maximum absolute atomic E-state index is 12.9. The van der Waals surface area contributed by atoms with E-state index < -0.39 is 28.4 Å². The van der Waals surface area contributed by atoms with Gasteiger partial charge in [0.2, 0.25) is 10.0 Å². The predicted octanol–water partition coefficient (Wildman–Crippen LogP) is 2.21. The van der Waals surface area contributed by atoms with Gasteiger partial charge in [0, 0.05) is 11.4 Å². The lowest BCUT2D eigenvalue weighted by Gasteiger charge is -2.20. The van der Waals surface area contributed by atoms with Gasteiger partial charge in [-0.25, -0.2) is 12.8 Å². The molecule has 0 aliphatic heterocycles. The molecule has 0 radical (unpaired) electrons. The summed E-state index contributed by atoms with van der Waals surface area (Å²) in [5.41, 5.74) is 0. The Bertz CT molecular complexity index is 727. The van der Waals surface area contributed by atoms with E-state index in [0.717, 1.165) is 33.4 Å². The van der Waals surface area contributed by atoms with Gasteiger partial charge in [0.1, 0.15) is 12.4 Å². The Kier molecular flexibility index (Phi) is 5.28. The van der Waals surface area contributed by atoms with Gasteiger partial charge in [0.25, 0.3) is 0 Å². The van der Waals surface area contributed by atoms with Gasteiger partial charge in [0.05, 0.1) is 4.90 Å². The SMILES string of the molecule is O=C(O)CN(CCc1cccs1)S(=O)(=O)c1ccc(F)cc1.